The van der Waals surface area contributed by atoms with Crippen LogP contribution in [0, 0.1) is 5.41 Å². The number of hydrogen-bond donors (Lipinski definition) is 2. The van der Waals surface area contributed by atoms with Gasteiger partial charge in [0.25, 0.3) is 0 Å². The summed E-state index contributed by atoms with van der Waals surface area (Å²) in [5.41, 5.74) is 5.09. The number of carbonyl (C=O) groups excluding carboxylic acids is 1. The molecule has 0 aromatic rings. The van der Waals surface area contributed by atoms with E-state index >= 15 is 0 Å². The van der Waals surface area contributed by atoms with Crippen molar-refractivity contribution in [2.75, 3.05) is 37.7 Å². The van der Waals surface area contributed by atoms with Crippen LogP contribution in [0.5, 0.6) is 0 Å². The van der Waals surface area contributed by atoms with Crippen LogP contribution < -0.4 is 11.1 Å². The van der Waals surface area contributed by atoms with Crippen LogP contribution in [-0.2, 0) is 4.79 Å². The summed E-state index contributed by atoms with van der Waals surface area (Å²) in [6, 6.07) is 0. The van der Waals surface area contributed by atoms with Gasteiger partial charge in [0, 0.05) is 37.7 Å². The van der Waals surface area contributed by atoms with E-state index in [0.717, 1.165) is 19.6 Å². The Morgan fingerprint density at radius 2 is 1.95 bits per heavy atom. The fourth-order valence-electron chi connectivity index (χ4n) is 2.35. The number of thiocarbonyl (C=S) groups is 1. The molecular weight excluding hydrogens is 278 g/mol. The molecule has 0 radical (unpaired) electrons. The molecule has 0 aliphatic carbocycles. The summed E-state index contributed by atoms with van der Waals surface area (Å²) in [7, 11) is 0. The lowest BCUT2D eigenvalue weighted by Gasteiger charge is -2.30. The van der Waals surface area contributed by atoms with Crippen molar-refractivity contribution >= 4 is 34.9 Å². The Morgan fingerprint density at radius 1 is 1.37 bits per heavy atom. The van der Waals surface area contributed by atoms with E-state index in [1.54, 1.807) is 0 Å². The lowest BCUT2D eigenvalue weighted by molar-refractivity contribution is -0.127. The van der Waals surface area contributed by atoms with Gasteiger partial charge in [-0.05, 0) is 12.8 Å². The first-order chi connectivity index (χ1) is 9.06. The van der Waals surface area contributed by atoms with Crippen LogP contribution in [0.25, 0.3) is 0 Å². The van der Waals surface area contributed by atoms with Crippen LogP contribution in [0.3, 0.4) is 0 Å². The zero-order valence-corrected chi connectivity index (χ0v) is 13.5. The third-order valence-corrected chi connectivity index (χ3v) is 5.26. The first-order valence-corrected chi connectivity index (χ1v) is 8.51. The zero-order chi connectivity index (χ0) is 14.3. The SMILES string of the molecule is CCC(CC)(C(=O)NCCN1CCSCC1)C(N)=S. The second-order valence-electron chi connectivity index (χ2n) is 4.86. The minimum atomic E-state index is -0.674. The van der Waals surface area contributed by atoms with Crippen LogP contribution in [0.1, 0.15) is 26.7 Å². The van der Waals surface area contributed by atoms with Crippen molar-refractivity contribution in [2.24, 2.45) is 11.1 Å². The summed E-state index contributed by atoms with van der Waals surface area (Å²) in [4.78, 5) is 15.0. The molecule has 1 aliphatic heterocycles. The molecule has 19 heavy (non-hydrogen) atoms. The summed E-state index contributed by atoms with van der Waals surface area (Å²) in [5, 5.41) is 3.00. The van der Waals surface area contributed by atoms with Gasteiger partial charge in [0.1, 0.15) is 0 Å². The van der Waals surface area contributed by atoms with E-state index in [1.807, 2.05) is 25.6 Å². The van der Waals surface area contributed by atoms with Gasteiger partial charge in [-0.25, -0.2) is 0 Å². The normalized spacial score (nSPS) is 17.2. The molecule has 0 aromatic heterocycles. The molecule has 0 spiro atoms. The monoisotopic (exact) mass is 303 g/mol. The highest BCUT2D eigenvalue weighted by Gasteiger charge is 2.37. The lowest BCUT2D eigenvalue weighted by atomic mass is 9.81. The van der Waals surface area contributed by atoms with Crippen molar-refractivity contribution in [2.45, 2.75) is 26.7 Å². The number of nitrogens with zero attached hydrogens (tertiary/aromatic N) is 1. The molecule has 0 bridgehead atoms. The second kappa shape index (κ2) is 8.07. The summed E-state index contributed by atoms with van der Waals surface area (Å²) in [6.45, 7) is 7.74. The Labute approximate surface area is 125 Å². The average Bonchev–Trinajstić information content (AvgIpc) is 2.41. The highest BCUT2D eigenvalue weighted by molar-refractivity contribution is 7.99. The Hall–Kier alpha value is -0.330. The first kappa shape index (κ1) is 16.7. The minimum Gasteiger partial charge on any atom is -0.392 e. The second-order valence-corrected chi connectivity index (χ2v) is 6.53. The number of amides is 1. The molecule has 1 rings (SSSR count). The maximum absolute atomic E-state index is 12.3. The number of rotatable bonds is 7. The molecule has 110 valence electrons. The van der Waals surface area contributed by atoms with Gasteiger partial charge in [-0.3, -0.25) is 9.69 Å². The molecule has 4 nitrogen and oxygen atoms in total. The van der Waals surface area contributed by atoms with Crippen molar-refractivity contribution in [1.29, 1.82) is 0 Å². The van der Waals surface area contributed by atoms with Crippen LogP contribution >= 0.6 is 24.0 Å². The molecule has 0 saturated carbocycles. The molecule has 6 heteroatoms. The van der Waals surface area contributed by atoms with Crippen molar-refractivity contribution in [1.82, 2.24) is 10.2 Å². The van der Waals surface area contributed by atoms with E-state index in [4.69, 9.17) is 18.0 Å². The number of nitrogens with two attached hydrogens (primary N) is 1. The Balaban J connectivity index is 2.42. The third kappa shape index (κ3) is 4.33. The predicted octanol–water partition coefficient (Wildman–Crippen LogP) is 1.24. The molecule has 1 amide bonds. The highest BCUT2D eigenvalue weighted by atomic mass is 32.2. The fourth-order valence-corrected chi connectivity index (χ4v) is 3.71. The number of nitrogens with one attached hydrogen (secondary N) is 1. The van der Waals surface area contributed by atoms with Gasteiger partial charge in [0.15, 0.2) is 0 Å². The lowest BCUT2D eigenvalue weighted by Crippen LogP contribution is -2.50. The zero-order valence-electron chi connectivity index (χ0n) is 11.9. The van der Waals surface area contributed by atoms with E-state index in [-0.39, 0.29) is 5.91 Å². The number of hydrogen-bond acceptors (Lipinski definition) is 4. The third-order valence-electron chi connectivity index (χ3n) is 3.93. The first-order valence-electron chi connectivity index (χ1n) is 6.95. The molecule has 1 heterocycles. The molecule has 1 aliphatic rings. The average molecular weight is 303 g/mol. The molecule has 1 fully saturated rings. The Bertz CT molecular complexity index is 313. The van der Waals surface area contributed by atoms with E-state index in [9.17, 15) is 4.79 Å². The van der Waals surface area contributed by atoms with E-state index in [2.05, 4.69) is 10.2 Å². The summed E-state index contributed by atoms with van der Waals surface area (Å²) >= 11 is 7.07. The quantitative estimate of drug-likeness (QED) is 0.693. The van der Waals surface area contributed by atoms with E-state index in [1.165, 1.54) is 11.5 Å². The van der Waals surface area contributed by atoms with Gasteiger partial charge in [0.2, 0.25) is 5.91 Å². The van der Waals surface area contributed by atoms with Crippen molar-refractivity contribution in [3.63, 3.8) is 0 Å². The minimum absolute atomic E-state index is 0.0172. The fraction of sp³-hybridized carbons (Fsp3) is 0.846. The summed E-state index contributed by atoms with van der Waals surface area (Å²) < 4.78 is 0. The molecular formula is C13H25N3OS2. The molecule has 0 atom stereocenters. The van der Waals surface area contributed by atoms with Gasteiger partial charge >= 0.3 is 0 Å². The maximum Gasteiger partial charge on any atom is 0.233 e. The highest BCUT2D eigenvalue weighted by Crippen LogP contribution is 2.27. The van der Waals surface area contributed by atoms with E-state index in [0.29, 0.717) is 24.4 Å². The summed E-state index contributed by atoms with van der Waals surface area (Å²) in [5.74, 6) is 2.36. The van der Waals surface area contributed by atoms with Crippen LogP contribution in [0.15, 0.2) is 0 Å². The summed E-state index contributed by atoms with van der Waals surface area (Å²) in [6.07, 6.45) is 1.32. The maximum atomic E-state index is 12.3. The number of thioether (sulfide) groups is 1. The van der Waals surface area contributed by atoms with Crippen molar-refractivity contribution < 1.29 is 4.79 Å². The predicted molar refractivity (Wildman–Crippen MR) is 86.6 cm³/mol. The van der Waals surface area contributed by atoms with Crippen LogP contribution in [0.4, 0.5) is 0 Å². The topological polar surface area (TPSA) is 58.4 Å². The van der Waals surface area contributed by atoms with Gasteiger partial charge < -0.3 is 11.1 Å². The largest absolute Gasteiger partial charge is 0.392 e. The Morgan fingerprint density at radius 3 is 2.42 bits per heavy atom. The molecule has 0 unspecified atom stereocenters. The molecule has 3 N–H and O–H groups in total. The van der Waals surface area contributed by atoms with Crippen molar-refractivity contribution in [3.8, 4) is 0 Å². The van der Waals surface area contributed by atoms with Crippen LogP contribution in [0.2, 0.25) is 0 Å². The smallest absolute Gasteiger partial charge is 0.233 e. The van der Waals surface area contributed by atoms with Gasteiger partial charge in [-0.15, -0.1) is 0 Å². The Kier molecular flexibility index (Phi) is 7.10. The molecule has 1 saturated heterocycles. The van der Waals surface area contributed by atoms with Gasteiger partial charge in [0.05, 0.1) is 10.4 Å². The standard InChI is InChI=1S/C13H25N3OS2/c1-3-13(4-2,11(14)18)12(17)15-5-6-16-7-9-19-10-8-16/h3-10H2,1-2H3,(H2,14,18)(H,15,17). The van der Waals surface area contributed by atoms with Gasteiger partial charge in [-0.1, -0.05) is 26.1 Å². The number of carbonyl (C=O) groups is 1. The van der Waals surface area contributed by atoms with Gasteiger partial charge in [-0.2, -0.15) is 11.8 Å². The van der Waals surface area contributed by atoms with E-state index < -0.39 is 5.41 Å². The molecule has 0 aromatic carbocycles. The van der Waals surface area contributed by atoms with Crippen molar-refractivity contribution in [3.05, 3.63) is 0 Å². The van der Waals surface area contributed by atoms with Crippen LogP contribution in [-0.4, -0.2) is 53.5 Å².